The molecule has 1 aliphatic carbocycles. The fourth-order valence-electron chi connectivity index (χ4n) is 2.16. The summed E-state index contributed by atoms with van der Waals surface area (Å²) in [6, 6.07) is 0. The molecule has 3 heteroatoms. The predicted octanol–water partition coefficient (Wildman–Crippen LogP) is 1.67. The predicted molar refractivity (Wildman–Crippen MR) is 58.5 cm³/mol. The van der Waals surface area contributed by atoms with Crippen molar-refractivity contribution in [3.05, 3.63) is 0 Å². The highest BCUT2D eigenvalue weighted by atomic mass is 16.5. The van der Waals surface area contributed by atoms with E-state index in [-0.39, 0.29) is 0 Å². The molecule has 1 saturated carbocycles. The van der Waals surface area contributed by atoms with E-state index >= 15 is 0 Å². The number of rotatable bonds is 4. The summed E-state index contributed by atoms with van der Waals surface area (Å²) in [6.07, 6.45) is 5.72. The third-order valence-corrected chi connectivity index (χ3v) is 3.52. The molecule has 2 aliphatic rings. The van der Waals surface area contributed by atoms with Crippen molar-refractivity contribution < 1.29 is 9.53 Å². The van der Waals surface area contributed by atoms with Crippen molar-refractivity contribution >= 4 is 5.91 Å². The Balaban J connectivity index is 1.65. The third-order valence-electron chi connectivity index (χ3n) is 3.52. The van der Waals surface area contributed by atoms with Gasteiger partial charge in [-0.15, -0.1) is 0 Å². The van der Waals surface area contributed by atoms with Crippen LogP contribution in [0.25, 0.3) is 0 Å². The molecule has 1 amide bonds. The summed E-state index contributed by atoms with van der Waals surface area (Å²) >= 11 is 0. The van der Waals surface area contributed by atoms with Crippen LogP contribution in [-0.2, 0) is 9.53 Å². The quantitative estimate of drug-likeness (QED) is 0.708. The lowest BCUT2D eigenvalue weighted by molar-refractivity contribution is -0.131. The van der Waals surface area contributed by atoms with Crippen LogP contribution in [-0.4, -0.2) is 37.6 Å². The molecule has 0 radical (unpaired) electrons. The van der Waals surface area contributed by atoms with Crippen LogP contribution >= 0.6 is 0 Å². The molecule has 0 atom stereocenters. The molecule has 0 unspecified atom stereocenters. The number of amides is 1. The highest BCUT2D eigenvalue weighted by Gasteiger charge is 2.31. The highest BCUT2D eigenvalue weighted by Crippen LogP contribution is 2.30. The summed E-state index contributed by atoms with van der Waals surface area (Å²) in [5.74, 6) is 1.50. The normalized spacial score (nSPS) is 22.7. The van der Waals surface area contributed by atoms with Crippen molar-refractivity contribution in [1.82, 2.24) is 4.90 Å². The van der Waals surface area contributed by atoms with Crippen molar-refractivity contribution in [1.29, 1.82) is 0 Å². The molecule has 0 aromatic carbocycles. The van der Waals surface area contributed by atoms with Gasteiger partial charge in [0.25, 0.3) is 0 Å². The van der Waals surface area contributed by atoms with Crippen molar-refractivity contribution in [2.24, 2.45) is 11.8 Å². The van der Waals surface area contributed by atoms with E-state index in [0.29, 0.717) is 11.8 Å². The average Bonchev–Trinajstić information content (AvgIpc) is 3.10. The molecule has 2 fully saturated rings. The summed E-state index contributed by atoms with van der Waals surface area (Å²) < 4.78 is 5.32. The van der Waals surface area contributed by atoms with Crippen LogP contribution in [0.3, 0.4) is 0 Å². The highest BCUT2D eigenvalue weighted by molar-refractivity contribution is 5.80. The minimum Gasteiger partial charge on any atom is -0.381 e. The number of ether oxygens (including phenoxy) is 1. The van der Waals surface area contributed by atoms with Crippen LogP contribution in [0.15, 0.2) is 0 Å². The Morgan fingerprint density at radius 1 is 1.27 bits per heavy atom. The second kappa shape index (κ2) is 4.97. The molecular formula is C12H21NO2. The van der Waals surface area contributed by atoms with E-state index < -0.39 is 0 Å². The lowest BCUT2D eigenvalue weighted by Crippen LogP contribution is -2.31. The van der Waals surface area contributed by atoms with E-state index in [1.807, 2.05) is 11.9 Å². The molecule has 1 heterocycles. The SMILES string of the molecule is CN(CCC1CCOCC1)C(=O)C1CC1. The molecule has 0 N–H and O–H groups in total. The second-order valence-electron chi connectivity index (χ2n) is 4.88. The first-order chi connectivity index (χ1) is 7.27. The zero-order valence-corrected chi connectivity index (χ0v) is 9.58. The minimum atomic E-state index is 0.363. The molecule has 3 nitrogen and oxygen atoms in total. The van der Waals surface area contributed by atoms with Gasteiger partial charge in [-0.1, -0.05) is 0 Å². The third kappa shape index (κ3) is 3.20. The Kier molecular flexibility index (Phi) is 3.62. The van der Waals surface area contributed by atoms with Gasteiger partial charge >= 0.3 is 0 Å². The fourth-order valence-corrected chi connectivity index (χ4v) is 2.16. The first-order valence-electron chi connectivity index (χ1n) is 6.10. The van der Waals surface area contributed by atoms with E-state index in [0.717, 1.165) is 44.9 Å². The monoisotopic (exact) mass is 211 g/mol. The number of nitrogens with zero attached hydrogens (tertiary/aromatic N) is 1. The Labute approximate surface area is 91.8 Å². The summed E-state index contributed by atoms with van der Waals surface area (Å²) in [6.45, 7) is 2.75. The van der Waals surface area contributed by atoms with E-state index in [1.165, 1.54) is 12.8 Å². The van der Waals surface area contributed by atoms with Crippen molar-refractivity contribution in [2.45, 2.75) is 32.1 Å². The van der Waals surface area contributed by atoms with Gasteiger partial charge in [-0.2, -0.15) is 0 Å². The maximum absolute atomic E-state index is 11.7. The van der Waals surface area contributed by atoms with E-state index in [4.69, 9.17) is 4.74 Å². The Morgan fingerprint density at radius 3 is 2.53 bits per heavy atom. The molecule has 15 heavy (non-hydrogen) atoms. The summed E-state index contributed by atoms with van der Waals surface area (Å²) in [5, 5.41) is 0. The standard InChI is InChI=1S/C12H21NO2/c1-13(12(14)11-2-3-11)7-4-10-5-8-15-9-6-10/h10-11H,2-9H2,1H3. The van der Waals surface area contributed by atoms with Crippen LogP contribution < -0.4 is 0 Å². The van der Waals surface area contributed by atoms with Crippen LogP contribution in [0, 0.1) is 11.8 Å². The van der Waals surface area contributed by atoms with Crippen molar-refractivity contribution in [3.8, 4) is 0 Å². The van der Waals surface area contributed by atoms with Crippen LogP contribution in [0.5, 0.6) is 0 Å². The smallest absolute Gasteiger partial charge is 0.225 e. The molecule has 2 rings (SSSR count). The molecule has 1 saturated heterocycles. The minimum absolute atomic E-state index is 0.363. The molecule has 0 aromatic heterocycles. The Bertz CT molecular complexity index is 220. The van der Waals surface area contributed by atoms with Crippen LogP contribution in [0.4, 0.5) is 0 Å². The maximum Gasteiger partial charge on any atom is 0.225 e. The van der Waals surface area contributed by atoms with Crippen LogP contribution in [0.1, 0.15) is 32.1 Å². The largest absolute Gasteiger partial charge is 0.381 e. The lowest BCUT2D eigenvalue weighted by atomic mass is 9.96. The summed E-state index contributed by atoms with van der Waals surface area (Å²) in [5.41, 5.74) is 0. The Hall–Kier alpha value is -0.570. The lowest BCUT2D eigenvalue weighted by Gasteiger charge is -2.24. The van der Waals surface area contributed by atoms with Crippen LogP contribution in [0.2, 0.25) is 0 Å². The molecule has 0 aromatic rings. The molecule has 1 aliphatic heterocycles. The van der Waals surface area contributed by atoms with Gasteiger partial charge in [0.1, 0.15) is 0 Å². The number of hydrogen-bond acceptors (Lipinski definition) is 2. The first-order valence-corrected chi connectivity index (χ1v) is 6.10. The Morgan fingerprint density at radius 2 is 1.93 bits per heavy atom. The van der Waals surface area contributed by atoms with Gasteiger partial charge in [-0.25, -0.2) is 0 Å². The first kappa shape index (κ1) is 10.9. The number of hydrogen-bond donors (Lipinski definition) is 0. The topological polar surface area (TPSA) is 29.5 Å². The van der Waals surface area contributed by atoms with E-state index in [2.05, 4.69) is 0 Å². The zero-order valence-electron chi connectivity index (χ0n) is 9.58. The van der Waals surface area contributed by atoms with Crippen molar-refractivity contribution in [2.75, 3.05) is 26.8 Å². The van der Waals surface area contributed by atoms with Gasteiger partial charge in [-0.3, -0.25) is 4.79 Å². The van der Waals surface area contributed by atoms with Gasteiger partial charge in [0, 0.05) is 32.7 Å². The van der Waals surface area contributed by atoms with Gasteiger partial charge in [0.2, 0.25) is 5.91 Å². The van der Waals surface area contributed by atoms with E-state index in [9.17, 15) is 4.79 Å². The molecule has 0 spiro atoms. The van der Waals surface area contributed by atoms with Gasteiger partial charge < -0.3 is 9.64 Å². The van der Waals surface area contributed by atoms with Gasteiger partial charge in [-0.05, 0) is 38.0 Å². The van der Waals surface area contributed by atoms with Gasteiger partial charge in [0.05, 0.1) is 0 Å². The van der Waals surface area contributed by atoms with Crippen molar-refractivity contribution in [3.63, 3.8) is 0 Å². The molecule has 86 valence electrons. The van der Waals surface area contributed by atoms with Gasteiger partial charge in [0.15, 0.2) is 0 Å². The number of carbonyl (C=O) groups is 1. The second-order valence-corrected chi connectivity index (χ2v) is 4.88. The zero-order chi connectivity index (χ0) is 10.7. The fraction of sp³-hybridized carbons (Fsp3) is 0.917. The number of carbonyl (C=O) groups excluding carboxylic acids is 1. The summed E-state index contributed by atoms with van der Waals surface area (Å²) in [4.78, 5) is 13.6. The molecular weight excluding hydrogens is 190 g/mol. The average molecular weight is 211 g/mol. The summed E-state index contributed by atoms with van der Waals surface area (Å²) in [7, 11) is 1.94. The maximum atomic E-state index is 11.7. The van der Waals surface area contributed by atoms with E-state index in [1.54, 1.807) is 0 Å². The molecule has 0 bridgehead atoms.